The van der Waals surface area contributed by atoms with Crippen molar-refractivity contribution < 1.29 is 9.53 Å². The molecule has 0 radical (unpaired) electrons. The Kier molecular flexibility index (Phi) is 3.89. The second-order valence-electron chi connectivity index (χ2n) is 6.44. The molecule has 3 rings (SSSR count). The topological polar surface area (TPSA) is 50.4 Å². The SMILES string of the molecule is Cc1cc2c(cc1C)OC(C(=O)NC1CCNCC1C)C2. The van der Waals surface area contributed by atoms with E-state index in [0.717, 1.165) is 30.8 Å². The minimum absolute atomic E-state index is 0.0280. The molecule has 4 nitrogen and oxygen atoms in total. The second-order valence-corrected chi connectivity index (χ2v) is 6.44. The molecule has 4 heteroatoms. The summed E-state index contributed by atoms with van der Waals surface area (Å²) in [5, 5.41) is 6.52. The van der Waals surface area contributed by atoms with E-state index in [-0.39, 0.29) is 18.1 Å². The number of hydrogen-bond donors (Lipinski definition) is 2. The first-order valence-corrected chi connectivity index (χ1v) is 7.82. The average Bonchev–Trinajstić information content (AvgIpc) is 2.85. The Morgan fingerprint density at radius 3 is 2.86 bits per heavy atom. The highest BCUT2D eigenvalue weighted by Crippen LogP contribution is 2.31. The molecule has 1 amide bonds. The molecule has 3 unspecified atom stereocenters. The molecule has 0 aromatic heterocycles. The first kappa shape index (κ1) is 14.4. The van der Waals surface area contributed by atoms with E-state index < -0.39 is 0 Å². The molecule has 114 valence electrons. The maximum Gasteiger partial charge on any atom is 0.261 e. The molecular formula is C17H24N2O2. The Bertz CT molecular complexity index is 525. The lowest BCUT2D eigenvalue weighted by Gasteiger charge is -2.30. The van der Waals surface area contributed by atoms with Crippen LogP contribution < -0.4 is 15.4 Å². The van der Waals surface area contributed by atoms with Crippen LogP contribution >= 0.6 is 0 Å². The van der Waals surface area contributed by atoms with Gasteiger partial charge in [0, 0.05) is 12.5 Å². The number of rotatable bonds is 2. The van der Waals surface area contributed by atoms with E-state index in [1.807, 2.05) is 6.07 Å². The van der Waals surface area contributed by atoms with E-state index in [4.69, 9.17) is 4.74 Å². The molecule has 1 saturated heterocycles. The van der Waals surface area contributed by atoms with E-state index in [2.05, 4.69) is 37.5 Å². The van der Waals surface area contributed by atoms with Crippen molar-refractivity contribution in [3.63, 3.8) is 0 Å². The van der Waals surface area contributed by atoms with Gasteiger partial charge in [-0.1, -0.05) is 13.0 Å². The Hall–Kier alpha value is -1.55. The molecule has 0 spiro atoms. The summed E-state index contributed by atoms with van der Waals surface area (Å²) in [5.74, 6) is 1.37. The molecule has 21 heavy (non-hydrogen) atoms. The van der Waals surface area contributed by atoms with Crippen LogP contribution in [0.4, 0.5) is 0 Å². The van der Waals surface area contributed by atoms with Crippen molar-refractivity contribution in [3.8, 4) is 5.75 Å². The fraction of sp³-hybridized carbons (Fsp3) is 0.588. The second kappa shape index (κ2) is 5.68. The molecule has 3 atom stereocenters. The predicted octanol–water partition coefficient (Wildman–Crippen LogP) is 1.72. The highest BCUT2D eigenvalue weighted by molar-refractivity contribution is 5.83. The zero-order valence-electron chi connectivity index (χ0n) is 13.0. The van der Waals surface area contributed by atoms with Crippen LogP contribution in [-0.4, -0.2) is 31.1 Å². The first-order valence-electron chi connectivity index (χ1n) is 7.82. The standard InChI is InChI=1S/C17H24N2O2/c1-10-6-13-8-16(21-15(13)7-11(10)2)17(20)19-14-4-5-18-9-12(14)3/h6-7,12,14,16,18H,4-5,8-9H2,1-3H3,(H,19,20). The van der Waals surface area contributed by atoms with Crippen molar-refractivity contribution in [1.82, 2.24) is 10.6 Å². The van der Waals surface area contributed by atoms with E-state index in [1.54, 1.807) is 0 Å². The van der Waals surface area contributed by atoms with Gasteiger partial charge in [0.15, 0.2) is 6.10 Å². The summed E-state index contributed by atoms with van der Waals surface area (Å²) in [6.45, 7) is 8.28. The van der Waals surface area contributed by atoms with Crippen LogP contribution in [0.3, 0.4) is 0 Å². The van der Waals surface area contributed by atoms with Gasteiger partial charge in [0.2, 0.25) is 0 Å². The van der Waals surface area contributed by atoms with Gasteiger partial charge in [-0.15, -0.1) is 0 Å². The predicted molar refractivity (Wildman–Crippen MR) is 82.6 cm³/mol. The maximum atomic E-state index is 12.4. The summed E-state index contributed by atoms with van der Waals surface area (Å²) in [6, 6.07) is 4.45. The molecule has 2 aliphatic rings. The Labute approximate surface area is 126 Å². The van der Waals surface area contributed by atoms with Crippen LogP contribution in [0.25, 0.3) is 0 Å². The van der Waals surface area contributed by atoms with Gasteiger partial charge >= 0.3 is 0 Å². The van der Waals surface area contributed by atoms with Gasteiger partial charge in [0.1, 0.15) is 5.75 Å². The number of piperidine rings is 1. The highest BCUT2D eigenvalue weighted by atomic mass is 16.5. The number of benzene rings is 1. The monoisotopic (exact) mass is 288 g/mol. The van der Waals surface area contributed by atoms with Crippen molar-refractivity contribution >= 4 is 5.91 Å². The molecule has 2 N–H and O–H groups in total. The zero-order valence-corrected chi connectivity index (χ0v) is 13.0. The van der Waals surface area contributed by atoms with Crippen molar-refractivity contribution in [2.45, 2.75) is 45.8 Å². The summed E-state index contributed by atoms with van der Waals surface area (Å²) in [6.07, 6.45) is 1.30. The molecule has 1 fully saturated rings. The van der Waals surface area contributed by atoms with Crippen molar-refractivity contribution in [1.29, 1.82) is 0 Å². The number of carbonyl (C=O) groups is 1. The summed E-state index contributed by atoms with van der Waals surface area (Å²) in [4.78, 5) is 12.4. The van der Waals surface area contributed by atoms with Crippen LogP contribution in [0.2, 0.25) is 0 Å². The molecule has 0 saturated carbocycles. The number of aryl methyl sites for hydroxylation is 2. The van der Waals surface area contributed by atoms with Crippen LogP contribution in [0, 0.1) is 19.8 Å². The lowest BCUT2D eigenvalue weighted by Crippen LogP contribution is -2.51. The normalized spacial score (nSPS) is 27.9. The van der Waals surface area contributed by atoms with Crippen LogP contribution in [0.1, 0.15) is 30.0 Å². The minimum Gasteiger partial charge on any atom is -0.480 e. The molecule has 1 aromatic carbocycles. The van der Waals surface area contributed by atoms with E-state index >= 15 is 0 Å². The third kappa shape index (κ3) is 2.91. The Balaban J connectivity index is 1.65. The van der Waals surface area contributed by atoms with Gasteiger partial charge in [-0.2, -0.15) is 0 Å². The molecule has 2 heterocycles. The van der Waals surface area contributed by atoms with Gasteiger partial charge in [0.05, 0.1) is 0 Å². The lowest BCUT2D eigenvalue weighted by atomic mass is 9.95. The molecule has 2 aliphatic heterocycles. The van der Waals surface area contributed by atoms with Gasteiger partial charge in [-0.3, -0.25) is 4.79 Å². The van der Waals surface area contributed by atoms with Gasteiger partial charge in [-0.25, -0.2) is 0 Å². The smallest absolute Gasteiger partial charge is 0.261 e. The highest BCUT2D eigenvalue weighted by Gasteiger charge is 2.32. The Morgan fingerprint density at radius 1 is 1.33 bits per heavy atom. The third-order valence-electron chi connectivity index (χ3n) is 4.76. The minimum atomic E-state index is -0.372. The molecule has 0 bridgehead atoms. The first-order chi connectivity index (χ1) is 10.0. The van der Waals surface area contributed by atoms with E-state index in [9.17, 15) is 4.79 Å². The van der Waals surface area contributed by atoms with Crippen molar-refractivity contribution in [2.75, 3.05) is 13.1 Å². The summed E-state index contributed by atoms with van der Waals surface area (Å²) in [5.41, 5.74) is 3.61. The fourth-order valence-electron chi connectivity index (χ4n) is 3.16. The van der Waals surface area contributed by atoms with Gasteiger partial charge < -0.3 is 15.4 Å². The molecule has 0 aliphatic carbocycles. The average molecular weight is 288 g/mol. The summed E-state index contributed by atoms with van der Waals surface area (Å²) < 4.78 is 5.85. The van der Waals surface area contributed by atoms with Crippen LogP contribution in [0.5, 0.6) is 5.75 Å². The van der Waals surface area contributed by atoms with Crippen molar-refractivity contribution in [2.24, 2.45) is 5.92 Å². The number of amides is 1. The number of ether oxygens (including phenoxy) is 1. The van der Waals surface area contributed by atoms with Crippen LogP contribution in [0.15, 0.2) is 12.1 Å². The fourth-order valence-corrected chi connectivity index (χ4v) is 3.16. The van der Waals surface area contributed by atoms with Gasteiger partial charge in [-0.05, 0) is 62.0 Å². The van der Waals surface area contributed by atoms with Crippen LogP contribution in [-0.2, 0) is 11.2 Å². The number of fused-ring (bicyclic) bond motifs is 1. The van der Waals surface area contributed by atoms with E-state index in [0.29, 0.717) is 12.3 Å². The lowest BCUT2D eigenvalue weighted by molar-refractivity contribution is -0.128. The Morgan fingerprint density at radius 2 is 2.10 bits per heavy atom. The van der Waals surface area contributed by atoms with Gasteiger partial charge in [0.25, 0.3) is 5.91 Å². The number of carbonyl (C=O) groups excluding carboxylic acids is 1. The quantitative estimate of drug-likeness (QED) is 0.871. The number of nitrogens with one attached hydrogen (secondary N) is 2. The summed E-state index contributed by atoms with van der Waals surface area (Å²) in [7, 11) is 0. The third-order valence-corrected chi connectivity index (χ3v) is 4.76. The summed E-state index contributed by atoms with van der Waals surface area (Å²) >= 11 is 0. The maximum absolute atomic E-state index is 12.4. The molecular weight excluding hydrogens is 264 g/mol. The van der Waals surface area contributed by atoms with Crippen molar-refractivity contribution in [3.05, 3.63) is 28.8 Å². The van der Waals surface area contributed by atoms with E-state index in [1.165, 1.54) is 11.1 Å². The zero-order chi connectivity index (χ0) is 15.0. The number of hydrogen-bond acceptors (Lipinski definition) is 3. The largest absolute Gasteiger partial charge is 0.480 e. The molecule has 1 aromatic rings.